The van der Waals surface area contributed by atoms with Crippen molar-refractivity contribution < 1.29 is 28.6 Å². The lowest BCUT2D eigenvalue weighted by atomic mass is 10.0. The van der Waals surface area contributed by atoms with E-state index in [4.69, 9.17) is 14.2 Å². The highest BCUT2D eigenvalue weighted by Gasteiger charge is 2.19. The van der Waals surface area contributed by atoms with Gasteiger partial charge in [0.15, 0.2) is 6.10 Å². The Labute approximate surface area is 451 Å². The second kappa shape index (κ2) is 60.9. The van der Waals surface area contributed by atoms with Gasteiger partial charge in [-0.1, -0.05) is 285 Å². The highest BCUT2D eigenvalue weighted by Crippen LogP contribution is 2.16. The molecule has 0 radical (unpaired) electrons. The van der Waals surface area contributed by atoms with E-state index in [0.29, 0.717) is 12.8 Å². The number of carbonyl (C=O) groups excluding carboxylic acids is 3. The summed E-state index contributed by atoms with van der Waals surface area (Å²) in [4.78, 5) is 38.1. The van der Waals surface area contributed by atoms with Gasteiger partial charge in [-0.15, -0.1) is 0 Å². The largest absolute Gasteiger partial charge is 0.462 e. The Balaban J connectivity index is 4.26. The minimum absolute atomic E-state index is 0.0974. The number of hydrogen-bond donors (Lipinski definition) is 0. The molecule has 1 atom stereocenters. The molecule has 0 N–H and O–H groups in total. The van der Waals surface area contributed by atoms with E-state index in [1.165, 1.54) is 167 Å². The highest BCUT2D eigenvalue weighted by atomic mass is 16.6. The molecule has 73 heavy (non-hydrogen) atoms. The van der Waals surface area contributed by atoms with Gasteiger partial charge in [-0.3, -0.25) is 14.4 Å². The Hall–Kier alpha value is -3.67. The molecule has 0 bridgehead atoms. The summed E-state index contributed by atoms with van der Waals surface area (Å²) in [5.74, 6) is -1.04. The zero-order valence-corrected chi connectivity index (χ0v) is 47.9. The number of rotatable bonds is 55. The summed E-state index contributed by atoms with van der Waals surface area (Å²) in [5, 5.41) is 0. The molecule has 0 fully saturated rings. The highest BCUT2D eigenvalue weighted by molar-refractivity contribution is 5.72. The van der Waals surface area contributed by atoms with E-state index in [9.17, 15) is 14.4 Å². The molecule has 0 aromatic rings. The summed E-state index contributed by atoms with van der Waals surface area (Å²) < 4.78 is 16.7. The van der Waals surface area contributed by atoms with E-state index in [1.807, 2.05) is 6.08 Å². The standard InChI is InChI=1S/C67H114O6/c1-4-7-10-13-16-19-22-24-26-27-28-29-30-31-32-33-34-35-36-37-38-39-41-42-45-48-51-54-57-60-66(69)72-63-64(62-71-65(68)59-56-53-50-47-44-21-18-15-12-9-6-3)73-67(70)61-58-55-52-49-46-43-40-25-23-20-17-14-11-8-5-2/h8,11,17,20,22,24-25,27-28,30-31,40,46,49,55,58,64H,4-7,9-10,12-16,18-19,21,23,26,29,32-39,41-45,47-48,50-54,56-57,59-63H2,1-3H3/b11-8-,20-17-,24-22-,28-27-,31-30-,40-25-,49-46-,58-55-. The lowest BCUT2D eigenvalue weighted by Crippen LogP contribution is -2.30. The number of ether oxygens (including phenoxy) is 3. The van der Waals surface area contributed by atoms with E-state index in [-0.39, 0.29) is 31.6 Å². The van der Waals surface area contributed by atoms with Crippen LogP contribution in [0.4, 0.5) is 0 Å². The topological polar surface area (TPSA) is 78.9 Å². The molecule has 0 saturated carbocycles. The van der Waals surface area contributed by atoms with Crippen molar-refractivity contribution in [1.29, 1.82) is 0 Å². The summed E-state index contributed by atoms with van der Waals surface area (Å²) >= 11 is 0. The molecule has 0 aromatic carbocycles. The first-order chi connectivity index (χ1) is 36.0. The predicted molar refractivity (Wildman–Crippen MR) is 316 cm³/mol. The Kier molecular flexibility index (Phi) is 57.8. The number of unbranched alkanes of at least 4 members (excludes halogenated alkanes) is 29. The molecule has 0 saturated heterocycles. The van der Waals surface area contributed by atoms with Gasteiger partial charge < -0.3 is 14.2 Å². The second-order valence-electron chi connectivity index (χ2n) is 20.3. The van der Waals surface area contributed by atoms with Gasteiger partial charge in [0.1, 0.15) is 13.2 Å². The van der Waals surface area contributed by atoms with E-state index >= 15 is 0 Å². The predicted octanol–water partition coefficient (Wildman–Crippen LogP) is 20.9. The van der Waals surface area contributed by atoms with Gasteiger partial charge >= 0.3 is 17.9 Å². The van der Waals surface area contributed by atoms with Crippen molar-refractivity contribution in [2.45, 2.75) is 297 Å². The van der Waals surface area contributed by atoms with Gasteiger partial charge in [-0.2, -0.15) is 0 Å². The molecular formula is C67H114O6. The van der Waals surface area contributed by atoms with Crippen LogP contribution in [0.1, 0.15) is 290 Å². The number of hydrogen-bond acceptors (Lipinski definition) is 6. The number of allylic oxidation sites excluding steroid dienone is 15. The van der Waals surface area contributed by atoms with Crippen molar-refractivity contribution in [1.82, 2.24) is 0 Å². The molecule has 0 amide bonds. The lowest BCUT2D eigenvalue weighted by Gasteiger charge is -2.18. The molecule has 0 aliphatic carbocycles. The average molecular weight is 1020 g/mol. The first kappa shape index (κ1) is 69.3. The van der Waals surface area contributed by atoms with Gasteiger partial charge in [0.05, 0.1) is 6.42 Å². The van der Waals surface area contributed by atoms with Crippen LogP contribution >= 0.6 is 0 Å². The van der Waals surface area contributed by atoms with Crippen LogP contribution in [-0.4, -0.2) is 37.2 Å². The third kappa shape index (κ3) is 59.1. The SMILES string of the molecule is CC/C=C\C/C=C\C/C=C\C/C=C\C/C=C\CC(=O)OC(COC(=O)CCCCCCCCCCCCC)COC(=O)CCCCCCCCCCCCCCCC/C=C\C/C=C\C/C=C\CCCCCCC. The molecular weight excluding hydrogens is 901 g/mol. The second-order valence-corrected chi connectivity index (χ2v) is 20.3. The molecule has 6 heteroatoms. The third-order valence-electron chi connectivity index (χ3n) is 13.1. The summed E-state index contributed by atoms with van der Waals surface area (Å²) in [6, 6.07) is 0. The lowest BCUT2D eigenvalue weighted by molar-refractivity contribution is -0.166. The third-order valence-corrected chi connectivity index (χ3v) is 13.1. The van der Waals surface area contributed by atoms with Crippen molar-refractivity contribution in [3.8, 4) is 0 Å². The van der Waals surface area contributed by atoms with Gasteiger partial charge in [0.2, 0.25) is 0 Å². The smallest absolute Gasteiger partial charge is 0.310 e. The molecule has 0 aliphatic heterocycles. The Bertz CT molecular complexity index is 1440. The van der Waals surface area contributed by atoms with Crippen LogP contribution in [0.2, 0.25) is 0 Å². The van der Waals surface area contributed by atoms with E-state index in [1.54, 1.807) is 6.08 Å². The number of esters is 3. The van der Waals surface area contributed by atoms with Crippen molar-refractivity contribution in [3.05, 3.63) is 97.2 Å². The van der Waals surface area contributed by atoms with Gasteiger partial charge in [-0.05, 0) is 83.5 Å². The zero-order valence-electron chi connectivity index (χ0n) is 47.9. The van der Waals surface area contributed by atoms with E-state index < -0.39 is 12.1 Å². The summed E-state index contributed by atoms with van der Waals surface area (Å²) in [6.07, 6.45) is 81.6. The van der Waals surface area contributed by atoms with Crippen LogP contribution in [0.3, 0.4) is 0 Å². The van der Waals surface area contributed by atoms with Crippen molar-refractivity contribution in [2.75, 3.05) is 13.2 Å². The Morgan fingerprint density at radius 3 is 0.904 bits per heavy atom. The van der Waals surface area contributed by atoms with E-state index in [0.717, 1.165) is 83.5 Å². The van der Waals surface area contributed by atoms with Crippen LogP contribution in [0.15, 0.2) is 97.2 Å². The fourth-order valence-corrected chi connectivity index (χ4v) is 8.53. The maximum absolute atomic E-state index is 12.8. The monoisotopic (exact) mass is 1010 g/mol. The van der Waals surface area contributed by atoms with Gasteiger partial charge in [0.25, 0.3) is 0 Å². The Morgan fingerprint density at radius 2 is 0.575 bits per heavy atom. The summed E-state index contributed by atoms with van der Waals surface area (Å²) in [5.41, 5.74) is 0. The zero-order chi connectivity index (χ0) is 52.9. The van der Waals surface area contributed by atoms with Crippen LogP contribution in [0, 0.1) is 0 Å². The van der Waals surface area contributed by atoms with Crippen molar-refractivity contribution in [2.24, 2.45) is 0 Å². The maximum atomic E-state index is 12.8. The van der Waals surface area contributed by atoms with Crippen LogP contribution < -0.4 is 0 Å². The fourth-order valence-electron chi connectivity index (χ4n) is 8.53. The van der Waals surface area contributed by atoms with Crippen molar-refractivity contribution in [3.63, 3.8) is 0 Å². The first-order valence-corrected chi connectivity index (χ1v) is 30.7. The van der Waals surface area contributed by atoms with Crippen LogP contribution in [0.5, 0.6) is 0 Å². The van der Waals surface area contributed by atoms with Crippen LogP contribution in [0.25, 0.3) is 0 Å². The number of carbonyl (C=O) groups is 3. The molecule has 418 valence electrons. The normalized spacial score (nSPS) is 12.8. The van der Waals surface area contributed by atoms with Crippen LogP contribution in [-0.2, 0) is 28.6 Å². The molecule has 0 spiro atoms. The Morgan fingerprint density at radius 1 is 0.301 bits per heavy atom. The molecule has 0 rings (SSSR count). The van der Waals surface area contributed by atoms with Gasteiger partial charge in [-0.25, -0.2) is 0 Å². The van der Waals surface area contributed by atoms with Gasteiger partial charge in [0, 0.05) is 12.8 Å². The van der Waals surface area contributed by atoms with Crippen molar-refractivity contribution >= 4 is 17.9 Å². The molecule has 0 aromatic heterocycles. The molecule has 0 heterocycles. The molecule has 0 aliphatic rings. The quantitative estimate of drug-likeness (QED) is 0.0261. The minimum atomic E-state index is -0.830. The van der Waals surface area contributed by atoms with E-state index in [2.05, 4.69) is 106 Å². The first-order valence-electron chi connectivity index (χ1n) is 30.7. The minimum Gasteiger partial charge on any atom is -0.462 e. The fraction of sp³-hybridized carbons (Fsp3) is 0.716. The molecule has 1 unspecified atom stereocenters. The maximum Gasteiger partial charge on any atom is 0.310 e. The summed E-state index contributed by atoms with van der Waals surface area (Å²) in [7, 11) is 0. The molecule has 6 nitrogen and oxygen atoms in total. The average Bonchev–Trinajstić information content (AvgIpc) is 3.39. The summed E-state index contributed by atoms with van der Waals surface area (Å²) in [6.45, 7) is 6.44.